The highest BCUT2D eigenvalue weighted by Crippen LogP contribution is 2.53. The van der Waals surface area contributed by atoms with E-state index in [4.69, 9.17) is 9.97 Å². The van der Waals surface area contributed by atoms with E-state index in [-0.39, 0.29) is 5.41 Å². The Morgan fingerprint density at radius 2 is 0.905 bits per heavy atom. The highest BCUT2D eigenvalue weighted by molar-refractivity contribution is 6.20. The lowest BCUT2D eigenvalue weighted by Crippen LogP contribution is -2.16. The van der Waals surface area contributed by atoms with Gasteiger partial charge in [-0.1, -0.05) is 214 Å². The zero-order valence-corrected chi connectivity index (χ0v) is 35.2. The van der Waals surface area contributed by atoms with E-state index in [0.29, 0.717) is 5.82 Å². The fraction of sp³-hybridized carbons (Fsp3) is 0.0492. The molecular formula is C61H42N2. The van der Waals surface area contributed by atoms with E-state index in [2.05, 4.69) is 232 Å². The smallest absolute Gasteiger partial charge is 0.160 e. The molecule has 0 atom stereocenters. The molecule has 0 amide bonds. The summed E-state index contributed by atoms with van der Waals surface area (Å²) in [6.07, 6.45) is 0. The van der Waals surface area contributed by atoms with Gasteiger partial charge in [0.25, 0.3) is 0 Å². The van der Waals surface area contributed by atoms with Crippen LogP contribution in [0.25, 0.3) is 111 Å². The lowest BCUT2D eigenvalue weighted by atomic mass is 9.78. The van der Waals surface area contributed by atoms with Gasteiger partial charge in [0.15, 0.2) is 5.82 Å². The third-order valence-electron chi connectivity index (χ3n) is 13.3. The summed E-state index contributed by atoms with van der Waals surface area (Å²) in [4.78, 5) is 10.8. The van der Waals surface area contributed by atoms with E-state index in [0.717, 1.165) is 44.8 Å². The summed E-state index contributed by atoms with van der Waals surface area (Å²) in [6.45, 7) is 4.72. The molecule has 10 aromatic carbocycles. The van der Waals surface area contributed by atoms with E-state index in [1.807, 2.05) is 0 Å². The summed E-state index contributed by atoms with van der Waals surface area (Å²) in [7, 11) is 0. The van der Waals surface area contributed by atoms with Crippen LogP contribution in [0.3, 0.4) is 0 Å². The average Bonchev–Trinajstić information content (AvgIpc) is 3.59. The van der Waals surface area contributed by atoms with Gasteiger partial charge >= 0.3 is 0 Å². The van der Waals surface area contributed by atoms with Crippen molar-refractivity contribution in [2.75, 3.05) is 0 Å². The molecule has 2 heteroatoms. The second kappa shape index (κ2) is 14.6. The fourth-order valence-corrected chi connectivity index (χ4v) is 10.3. The molecule has 0 bridgehead atoms. The van der Waals surface area contributed by atoms with Gasteiger partial charge in [-0.3, -0.25) is 0 Å². The van der Waals surface area contributed by atoms with E-state index < -0.39 is 0 Å². The second-order valence-corrected chi connectivity index (χ2v) is 17.3. The van der Waals surface area contributed by atoms with Crippen LogP contribution < -0.4 is 0 Å². The number of benzene rings is 10. The van der Waals surface area contributed by atoms with Crippen molar-refractivity contribution in [3.63, 3.8) is 0 Å². The average molecular weight is 803 g/mol. The number of nitrogens with zero attached hydrogens (tertiary/aromatic N) is 2. The Morgan fingerprint density at radius 3 is 1.73 bits per heavy atom. The minimum atomic E-state index is -0.167. The summed E-state index contributed by atoms with van der Waals surface area (Å²) < 4.78 is 0. The van der Waals surface area contributed by atoms with Crippen LogP contribution in [0.15, 0.2) is 218 Å². The largest absolute Gasteiger partial charge is 0.228 e. The Morgan fingerprint density at radius 1 is 0.317 bits per heavy atom. The molecule has 0 aliphatic heterocycles. The first kappa shape index (κ1) is 36.9. The van der Waals surface area contributed by atoms with Crippen molar-refractivity contribution in [1.29, 1.82) is 0 Å². The van der Waals surface area contributed by atoms with E-state index in [1.54, 1.807) is 0 Å². The molecule has 0 radical (unpaired) electrons. The number of hydrogen-bond donors (Lipinski definition) is 0. The molecule has 0 saturated carbocycles. The van der Waals surface area contributed by atoms with Gasteiger partial charge in [0.1, 0.15) is 0 Å². The van der Waals surface area contributed by atoms with Crippen molar-refractivity contribution >= 4 is 32.3 Å². The van der Waals surface area contributed by atoms with E-state index >= 15 is 0 Å². The third-order valence-corrected chi connectivity index (χ3v) is 13.3. The van der Waals surface area contributed by atoms with Crippen molar-refractivity contribution in [2.24, 2.45) is 0 Å². The van der Waals surface area contributed by atoms with Crippen LogP contribution in [-0.4, -0.2) is 9.97 Å². The molecule has 1 aromatic heterocycles. The quantitative estimate of drug-likeness (QED) is 0.124. The first-order chi connectivity index (χ1) is 31.0. The lowest BCUT2D eigenvalue weighted by Gasteiger charge is -2.25. The van der Waals surface area contributed by atoms with Crippen molar-refractivity contribution in [1.82, 2.24) is 9.97 Å². The number of hydrogen-bond acceptors (Lipinski definition) is 2. The maximum absolute atomic E-state index is 5.46. The van der Waals surface area contributed by atoms with Gasteiger partial charge < -0.3 is 0 Å². The Kier molecular flexibility index (Phi) is 8.55. The van der Waals surface area contributed by atoms with Gasteiger partial charge in [-0.25, -0.2) is 9.97 Å². The first-order valence-electron chi connectivity index (χ1n) is 21.8. The number of rotatable bonds is 6. The molecule has 2 nitrogen and oxygen atoms in total. The molecule has 0 saturated heterocycles. The van der Waals surface area contributed by atoms with Crippen LogP contribution >= 0.6 is 0 Å². The van der Waals surface area contributed by atoms with Crippen LogP contribution in [0.1, 0.15) is 25.0 Å². The van der Waals surface area contributed by atoms with Gasteiger partial charge in [0.2, 0.25) is 0 Å². The van der Waals surface area contributed by atoms with Crippen molar-refractivity contribution in [2.45, 2.75) is 19.3 Å². The maximum atomic E-state index is 5.46. The summed E-state index contributed by atoms with van der Waals surface area (Å²) in [5.74, 6) is 0.689. The minimum Gasteiger partial charge on any atom is -0.228 e. The van der Waals surface area contributed by atoms with E-state index in [1.165, 1.54) is 71.3 Å². The van der Waals surface area contributed by atoms with Crippen LogP contribution in [0.4, 0.5) is 0 Å². The molecule has 1 aliphatic rings. The summed E-state index contributed by atoms with van der Waals surface area (Å²) in [5.41, 5.74) is 17.1. The lowest BCUT2D eigenvalue weighted by molar-refractivity contribution is 0.662. The predicted octanol–water partition coefficient (Wildman–Crippen LogP) is 16.2. The molecule has 0 fully saturated rings. The molecule has 63 heavy (non-hydrogen) atoms. The van der Waals surface area contributed by atoms with Gasteiger partial charge in [-0.15, -0.1) is 0 Å². The van der Waals surface area contributed by atoms with Gasteiger partial charge in [0, 0.05) is 22.1 Å². The molecule has 12 rings (SSSR count). The number of aromatic nitrogens is 2. The highest BCUT2D eigenvalue weighted by Gasteiger charge is 2.37. The van der Waals surface area contributed by atoms with Crippen LogP contribution in [-0.2, 0) is 5.41 Å². The summed E-state index contributed by atoms with van der Waals surface area (Å²) >= 11 is 0. The van der Waals surface area contributed by atoms with Gasteiger partial charge in [-0.05, 0) is 106 Å². The molecule has 0 spiro atoms. The predicted molar refractivity (Wildman–Crippen MR) is 265 cm³/mol. The van der Waals surface area contributed by atoms with Crippen LogP contribution in [0.2, 0.25) is 0 Å². The Hall–Kier alpha value is -7.94. The minimum absolute atomic E-state index is 0.167. The first-order valence-corrected chi connectivity index (χ1v) is 21.8. The Balaban J connectivity index is 1.04. The van der Waals surface area contributed by atoms with Crippen LogP contribution in [0, 0.1) is 0 Å². The van der Waals surface area contributed by atoms with Crippen molar-refractivity contribution < 1.29 is 0 Å². The molecule has 0 N–H and O–H groups in total. The Bertz CT molecular complexity index is 3580. The topological polar surface area (TPSA) is 25.8 Å². The maximum Gasteiger partial charge on any atom is 0.160 e. The molecule has 11 aromatic rings. The number of fused-ring (bicyclic) bond motifs is 7. The highest BCUT2D eigenvalue weighted by atomic mass is 14.9. The molecule has 1 aliphatic carbocycles. The Labute approximate surface area is 367 Å². The van der Waals surface area contributed by atoms with Gasteiger partial charge in [-0.2, -0.15) is 0 Å². The SMILES string of the molecule is CC1(C)c2ccccc2-c2cccc(-c3ccccc3-c3cc(-c4cccc(-c5ccccc5)c4)nc(-c4ccc(-c5c6ccccc6cc6c5ccc5ccccc56)cc4)n3)c21. The van der Waals surface area contributed by atoms with Crippen molar-refractivity contribution in [3.05, 3.63) is 230 Å². The molecule has 0 unspecified atom stereocenters. The third kappa shape index (κ3) is 6.09. The zero-order valence-electron chi connectivity index (χ0n) is 35.2. The van der Waals surface area contributed by atoms with Crippen molar-refractivity contribution in [3.8, 4) is 78.4 Å². The monoisotopic (exact) mass is 802 g/mol. The fourth-order valence-electron chi connectivity index (χ4n) is 10.3. The summed E-state index contributed by atoms with van der Waals surface area (Å²) in [6, 6.07) is 79.1. The normalized spacial score (nSPS) is 12.7. The molecule has 1 heterocycles. The second-order valence-electron chi connectivity index (χ2n) is 17.3. The molecular weight excluding hydrogens is 761 g/mol. The zero-order chi connectivity index (χ0) is 42.1. The van der Waals surface area contributed by atoms with Crippen LogP contribution in [0.5, 0.6) is 0 Å². The summed E-state index contributed by atoms with van der Waals surface area (Å²) in [5, 5.41) is 7.49. The molecule has 296 valence electrons. The van der Waals surface area contributed by atoms with Gasteiger partial charge in [0.05, 0.1) is 11.4 Å². The van der Waals surface area contributed by atoms with E-state index in [9.17, 15) is 0 Å². The standard InChI is InChI=1S/C61H42N2/c1-61(2)55-29-13-12-25-49(55)53-28-15-27-52(59(53)61)48-24-10-11-26-50(48)57-38-56(45-21-14-20-43(36-45)39-16-4-3-5-17-39)62-60(63-57)42-32-30-41(31-33-42)58-47-23-9-7-19-44(47)37-54-46-22-8-6-18-40(46)34-35-51(54)58/h3-38H,1-2H3.